The number of hydrogen-bond acceptors (Lipinski definition) is 4. The predicted octanol–water partition coefficient (Wildman–Crippen LogP) is 2.43. The van der Waals surface area contributed by atoms with Crippen molar-refractivity contribution in [1.82, 2.24) is 10.3 Å². The van der Waals surface area contributed by atoms with Crippen LogP contribution in [0.5, 0.6) is 0 Å². The fourth-order valence-corrected chi connectivity index (χ4v) is 3.21. The van der Waals surface area contributed by atoms with Crippen molar-refractivity contribution in [2.45, 2.75) is 10.6 Å². The summed E-state index contributed by atoms with van der Waals surface area (Å²) in [4.78, 5) is 16.3. The van der Waals surface area contributed by atoms with Crippen LogP contribution in [-0.2, 0) is 10.3 Å². The van der Waals surface area contributed by atoms with Crippen LogP contribution in [0.4, 0.5) is 0 Å². The van der Waals surface area contributed by atoms with Crippen LogP contribution in [0.2, 0.25) is 5.02 Å². The molecule has 1 aromatic heterocycles. The zero-order chi connectivity index (χ0) is 15.3. The summed E-state index contributed by atoms with van der Waals surface area (Å²) in [6, 6.07) is 13.0. The largest absolute Gasteiger partial charge is 0.368 e. The lowest BCUT2D eigenvalue weighted by molar-refractivity contribution is -0.123. The summed E-state index contributed by atoms with van der Waals surface area (Å²) in [5, 5.41) is 4.43. The van der Waals surface area contributed by atoms with E-state index in [4.69, 9.17) is 17.3 Å². The van der Waals surface area contributed by atoms with Gasteiger partial charge >= 0.3 is 0 Å². The van der Waals surface area contributed by atoms with E-state index in [0.717, 1.165) is 10.6 Å². The summed E-state index contributed by atoms with van der Waals surface area (Å²) in [5.74, 6) is 0.0231. The summed E-state index contributed by atoms with van der Waals surface area (Å²) >= 11 is 7.27. The molecule has 0 aliphatic heterocycles. The van der Waals surface area contributed by atoms with Crippen molar-refractivity contribution < 1.29 is 4.79 Å². The summed E-state index contributed by atoms with van der Waals surface area (Å²) in [7, 11) is 1.73. The lowest BCUT2D eigenvalue weighted by Gasteiger charge is -2.30. The van der Waals surface area contributed by atoms with Crippen LogP contribution in [0, 0.1) is 0 Å². The molecule has 0 aliphatic carbocycles. The third-order valence-electron chi connectivity index (χ3n) is 3.25. The number of amides is 1. The number of carbonyl (C=O) groups is 1. The average molecular weight is 322 g/mol. The number of pyridine rings is 1. The Labute approximate surface area is 133 Å². The molecule has 21 heavy (non-hydrogen) atoms. The van der Waals surface area contributed by atoms with E-state index in [1.807, 2.05) is 36.4 Å². The van der Waals surface area contributed by atoms with Crippen LogP contribution < -0.4 is 11.1 Å². The number of likely N-dealkylation sites (N-methyl/N-ethyl adjacent to an activating group) is 1. The molecule has 0 radical (unpaired) electrons. The molecule has 6 heteroatoms. The van der Waals surface area contributed by atoms with Gasteiger partial charge in [-0.3, -0.25) is 4.79 Å². The van der Waals surface area contributed by atoms with Gasteiger partial charge in [-0.2, -0.15) is 0 Å². The molecule has 0 spiro atoms. The van der Waals surface area contributed by atoms with E-state index in [1.54, 1.807) is 19.3 Å². The number of benzene rings is 1. The Morgan fingerprint density at radius 3 is 2.57 bits per heavy atom. The lowest BCUT2D eigenvalue weighted by Crippen LogP contribution is -2.53. The maximum atomic E-state index is 12.0. The number of nitrogens with zero attached hydrogens (tertiary/aromatic N) is 1. The first-order chi connectivity index (χ1) is 10.1. The van der Waals surface area contributed by atoms with Crippen LogP contribution in [-0.4, -0.2) is 23.7 Å². The number of hydrogen-bond donors (Lipinski definition) is 2. The minimum Gasteiger partial charge on any atom is -0.368 e. The molecule has 1 aromatic carbocycles. The Morgan fingerprint density at radius 2 is 2.05 bits per heavy atom. The second-order valence-corrected chi connectivity index (χ2v) is 5.92. The van der Waals surface area contributed by atoms with Crippen molar-refractivity contribution in [3.8, 4) is 0 Å². The quantitative estimate of drug-likeness (QED) is 0.802. The Bertz CT molecular complexity index is 606. The van der Waals surface area contributed by atoms with Gasteiger partial charge in [-0.1, -0.05) is 41.9 Å². The number of thioether (sulfide) groups is 1. The van der Waals surface area contributed by atoms with E-state index >= 15 is 0 Å². The molecule has 0 saturated carbocycles. The number of halogens is 1. The number of nitrogens with one attached hydrogen (secondary N) is 1. The highest BCUT2D eigenvalue weighted by Gasteiger charge is 2.37. The van der Waals surface area contributed by atoms with Gasteiger partial charge in [0.2, 0.25) is 5.91 Å². The van der Waals surface area contributed by atoms with Crippen LogP contribution >= 0.6 is 23.4 Å². The van der Waals surface area contributed by atoms with E-state index in [-0.39, 0.29) is 0 Å². The van der Waals surface area contributed by atoms with E-state index in [2.05, 4.69) is 10.3 Å². The topological polar surface area (TPSA) is 68.0 Å². The second kappa shape index (κ2) is 6.93. The van der Waals surface area contributed by atoms with Crippen molar-refractivity contribution in [2.24, 2.45) is 5.73 Å². The van der Waals surface area contributed by atoms with Gasteiger partial charge in [0, 0.05) is 11.9 Å². The van der Waals surface area contributed by atoms with Crippen LogP contribution in [0.3, 0.4) is 0 Å². The third-order valence-corrected chi connectivity index (χ3v) is 4.59. The molecule has 3 N–H and O–H groups in total. The average Bonchev–Trinajstić information content (AvgIpc) is 2.51. The predicted molar refractivity (Wildman–Crippen MR) is 86.3 cm³/mol. The monoisotopic (exact) mass is 321 g/mol. The molecular formula is C15H16ClN3OS. The number of aromatic nitrogens is 1. The SMILES string of the molecule is CNC(CSc1ccc(Cl)cn1)(C(N)=O)c1ccccc1. The van der Waals surface area contributed by atoms with Crippen molar-refractivity contribution in [3.63, 3.8) is 0 Å². The first-order valence-corrected chi connectivity index (χ1v) is 7.73. The van der Waals surface area contributed by atoms with Gasteiger partial charge in [-0.05, 0) is 24.7 Å². The van der Waals surface area contributed by atoms with Crippen LogP contribution in [0.25, 0.3) is 0 Å². The maximum absolute atomic E-state index is 12.0. The molecule has 2 aromatic rings. The molecule has 1 heterocycles. The fraction of sp³-hybridized carbons (Fsp3) is 0.200. The molecule has 2 rings (SSSR count). The zero-order valence-corrected chi connectivity index (χ0v) is 13.1. The molecule has 4 nitrogen and oxygen atoms in total. The Morgan fingerprint density at radius 1 is 1.33 bits per heavy atom. The second-order valence-electron chi connectivity index (χ2n) is 4.49. The fourth-order valence-electron chi connectivity index (χ4n) is 1.99. The smallest absolute Gasteiger partial charge is 0.243 e. The van der Waals surface area contributed by atoms with E-state index in [9.17, 15) is 4.79 Å². The molecule has 110 valence electrons. The molecule has 0 bridgehead atoms. The summed E-state index contributed by atoms with van der Waals surface area (Å²) in [5.41, 5.74) is 5.54. The minimum absolute atomic E-state index is 0.419. The van der Waals surface area contributed by atoms with Crippen molar-refractivity contribution in [3.05, 3.63) is 59.2 Å². The molecule has 0 fully saturated rings. The summed E-state index contributed by atoms with van der Waals surface area (Å²) in [6.45, 7) is 0. The van der Waals surface area contributed by atoms with E-state index in [1.165, 1.54) is 11.8 Å². The number of carbonyl (C=O) groups excluding carboxylic acids is 1. The number of rotatable bonds is 6. The Balaban J connectivity index is 2.25. The molecule has 1 amide bonds. The molecule has 0 aliphatic rings. The maximum Gasteiger partial charge on any atom is 0.243 e. The van der Waals surface area contributed by atoms with Crippen molar-refractivity contribution >= 4 is 29.3 Å². The highest BCUT2D eigenvalue weighted by molar-refractivity contribution is 7.99. The first-order valence-electron chi connectivity index (χ1n) is 6.37. The van der Waals surface area contributed by atoms with Gasteiger partial charge in [0.15, 0.2) is 0 Å². The Kier molecular flexibility index (Phi) is 5.22. The lowest BCUT2D eigenvalue weighted by atomic mass is 9.91. The van der Waals surface area contributed by atoms with Crippen LogP contribution in [0.1, 0.15) is 5.56 Å². The zero-order valence-electron chi connectivity index (χ0n) is 11.5. The number of nitrogens with two attached hydrogens (primary N) is 1. The third kappa shape index (κ3) is 3.56. The molecule has 1 unspecified atom stereocenters. The molecular weight excluding hydrogens is 306 g/mol. The number of primary amides is 1. The minimum atomic E-state index is -0.937. The Hall–Kier alpha value is -1.56. The van der Waals surface area contributed by atoms with E-state index in [0.29, 0.717) is 10.8 Å². The van der Waals surface area contributed by atoms with Gasteiger partial charge in [-0.15, -0.1) is 11.8 Å². The van der Waals surface area contributed by atoms with E-state index < -0.39 is 11.4 Å². The highest BCUT2D eigenvalue weighted by Crippen LogP contribution is 2.29. The first kappa shape index (κ1) is 15.8. The summed E-state index contributed by atoms with van der Waals surface area (Å²) in [6.07, 6.45) is 1.58. The van der Waals surface area contributed by atoms with Gasteiger partial charge in [0.05, 0.1) is 10.0 Å². The highest BCUT2D eigenvalue weighted by atomic mass is 35.5. The normalized spacial score (nSPS) is 13.6. The molecule has 1 atom stereocenters. The van der Waals surface area contributed by atoms with Gasteiger partial charge < -0.3 is 11.1 Å². The standard InChI is InChI=1S/C15H16ClN3OS/c1-18-15(14(17)20,11-5-3-2-4-6-11)10-21-13-8-7-12(16)9-19-13/h2-9,18H,10H2,1H3,(H2,17,20). The van der Waals surface area contributed by atoms with Gasteiger partial charge in [0.1, 0.15) is 5.54 Å². The van der Waals surface area contributed by atoms with Gasteiger partial charge in [0.25, 0.3) is 0 Å². The van der Waals surface area contributed by atoms with Crippen molar-refractivity contribution in [1.29, 1.82) is 0 Å². The summed E-state index contributed by atoms with van der Waals surface area (Å²) < 4.78 is 0. The van der Waals surface area contributed by atoms with Crippen molar-refractivity contribution in [2.75, 3.05) is 12.8 Å². The molecule has 0 saturated heterocycles. The van der Waals surface area contributed by atoms with Crippen LogP contribution in [0.15, 0.2) is 53.7 Å². The van der Waals surface area contributed by atoms with Gasteiger partial charge in [-0.25, -0.2) is 4.98 Å².